The van der Waals surface area contributed by atoms with E-state index in [4.69, 9.17) is 0 Å². The Morgan fingerprint density at radius 3 is 2.85 bits per heavy atom. The number of carbonyl (C=O) groups is 1. The van der Waals surface area contributed by atoms with E-state index in [-0.39, 0.29) is 11.6 Å². The summed E-state index contributed by atoms with van der Waals surface area (Å²) in [6.07, 6.45) is 1.66. The quantitative estimate of drug-likeness (QED) is 0.740. The number of carbonyl (C=O) groups excluding carboxylic acids is 1. The maximum Gasteiger partial charge on any atom is 0.164 e. The Kier molecular flexibility index (Phi) is 4.44. The number of rotatable bonds is 4. The summed E-state index contributed by atoms with van der Waals surface area (Å²) in [6.45, 7) is 4.01. The summed E-state index contributed by atoms with van der Waals surface area (Å²) in [7, 11) is 0. The number of hydrogen-bond donors (Lipinski definition) is 0. The van der Waals surface area contributed by atoms with Crippen molar-refractivity contribution < 1.29 is 9.18 Å². The van der Waals surface area contributed by atoms with E-state index in [9.17, 15) is 9.18 Å². The first kappa shape index (κ1) is 17.3. The van der Waals surface area contributed by atoms with E-state index in [1.807, 2.05) is 11.8 Å². The summed E-state index contributed by atoms with van der Waals surface area (Å²) in [6, 6.07) is 13.3. The van der Waals surface area contributed by atoms with E-state index < -0.39 is 0 Å². The number of para-hydroxylation sites is 1. The lowest BCUT2D eigenvalue weighted by Crippen LogP contribution is -2.47. The second kappa shape index (κ2) is 6.95. The van der Waals surface area contributed by atoms with Crippen molar-refractivity contribution in [3.63, 3.8) is 0 Å². The number of Topliss-reactive ketones (excluding diaryl/α,β-unsaturated/α-hetero) is 1. The lowest BCUT2D eigenvalue weighted by molar-refractivity contribution is 0.0952. The molecule has 5 heteroatoms. The zero-order valence-corrected chi connectivity index (χ0v) is 16.1. The van der Waals surface area contributed by atoms with Gasteiger partial charge in [0.05, 0.1) is 5.69 Å². The molecule has 3 nitrogen and oxygen atoms in total. The fourth-order valence-electron chi connectivity index (χ4n) is 4.89. The van der Waals surface area contributed by atoms with Gasteiger partial charge in [-0.05, 0) is 42.3 Å². The van der Waals surface area contributed by atoms with E-state index in [1.165, 1.54) is 34.0 Å². The van der Waals surface area contributed by atoms with Gasteiger partial charge in [0.15, 0.2) is 5.78 Å². The first-order valence-corrected chi connectivity index (χ1v) is 10.7. The zero-order valence-electron chi connectivity index (χ0n) is 15.2. The Morgan fingerprint density at radius 2 is 2.00 bits per heavy atom. The third-order valence-electron chi connectivity index (χ3n) is 6.19. The summed E-state index contributed by atoms with van der Waals surface area (Å²) < 4.78 is 13.0. The van der Waals surface area contributed by atoms with E-state index >= 15 is 0 Å². The van der Waals surface area contributed by atoms with Crippen LogP contribution in [0.5, 0.6) is 0 Å². The fraction of sp³-hybridized carbons (Fsp3) is 0.409. The Hall–Kier alpha value is -1.85. The Labute approximate surface area is 163 Å². The maximum absolute atomic E-state index is 13.0. The third-order valence-corrected chi connectivity index (χ3v) is 7.22. The molecule has 1 saturated heterocycles. The van der Waals surface area contributed by atoms with Crippen molar-refractivity contribution in [1.29, 1.82) is 0 Å². The monoisotopic (exact) mass is 382 g/mol. The molecule has 140 valence electrons. The summed E-state index contributed by atoms with van der Waals surface area (Å²) in [5, 5.41) is 0. The second-order valence-electron chi connectivity index (χ2n) is 7.68. The van der Waals surface area contributed by atoms with Gasteiger partial charge in [0.25, 0.3) is 0 Å². The van der Waals surface area contributed by atoms with Crippen molar-refractivity contribution in [3.8, 4) is 0 Å². The van der Waals surface area contributed by atoms with Gasteiger partial charge in [-0.2, -0.15) is 0 Å². The van der Waals surface area contributed by atoms with Gasteiger partial charge in [0.2, 0.25) is 0 Å². The highest BCUT2D eigenvalue weighted by atomic mass is 32.2. The van der Waals surface area contributed by atoms with Crippen molar-refractivity contribution in [2.24, 2.45) is 0 Å². The van der Waals surface area contributed by atoms with E-state index in [1.54, 1.807) is 12.1 Å². The van der Waals surface area contributed by atoms with Gasteiger partial charge in [-0.1, -0.05) is 12.1 Å². The normalized spacial score (nSPS) is 23.8. The molecule has 0 bridgehead atoms. The van der Waals surface area contributed by atoms with Gasteiger partial charge >= 0.3 is 0 Å². The number of thioether (sulfide) groups is 1. The van der Waals surface area contributed by atoms with Crippen molar-refractivity contribution in [2.75, 3.05) is 36.8 Å². The molecular weight excluding hydrogens is 359 g/mol. The first-order chi connectivity index (χ1) is 13.2. The number of piperidine rings is 1. The molecule has 5 rings (SSSR count). The van der Waals surface area contributed by atoms with Crippen LogP contribution in [0.2, 0.25) is 0 Å². The minimum atomic E-state index is -0.298. The molecular formula is C22H23FN2OS. The summed E-state index contributed by atoms with van der Waals surface area (Å²) in [5.41, 5.74) is 3.59. The van der Waals surface area contributed by atoms with Gasteiger partial charge in [0.1, 0.15) is 5.82 Å². The van der Waals surface area contributed by atoms with Crippen molar-refractivity contribution >= 4 is 23.2 Å². The smallest absolute Gasteiger partial charge is 0.164 e. The number of hydrogen-bond acceptors (Lipinski definition) is 4. The molecule has 3 heterocycles. The lowest BCUT2D eigenvalue weighted by atomic mass is 9.89. The molecule has 0 N–H and O–H groups in total. The number of fused-ring (bicyclic) bond motifs is 3. The molecule has 0 saturated carbocycles. The maximum atomic E-state index is 13.0. The molecule has 1 fully saturated rings. The predicted molar refractivity (Wildman–Crippen MR) is 107 cm³/mol. The molecule has 0 aromatic heterocycles. The SMILES string of the molecule is O=C(CCN1CC[C@H]2[C@@H](C1)c1cccc3c1N2CCS3)c1ccc(F)cc1. The van der Waals surface area contributed by atoms with E-state index in [0.717, 1.165) is 32.6 Å². The second-order valence-corrected chi connectivity index (χ2v) is 8.82. The van der Waals surface area contributed by atoms with Crippen LogP contribution in [0.25, 0.3) is 0 Å². The largest absolute Gasteiger partial charge is 0.366 e. The highest BCUT2D eigenvalue weighted by Gasteiger charge is 2.43. The summed E-state index contributed by atoms with van der Waals surface area (Å²) >= 11 is 1.98. The highest BCUT2D eigenvalue weighted by Crippen LogP contribution is 2.50. The summed E-state index contributed by atoms with van der Waals surface area (Å²) in [4.78, 5) is 18.9. The lowest BCUT2D eigenvalue weighted by Gasteiger charge is -2.40. The van der Waals surface area contributed by atoms with Crippen LogP contribution in [0.1, 0.15) is 34.7 Å². The van der Waals surface area contributed by atoms with Crippen LogP contribution in [0.15, 0.2) is 47.4 Å². The zero-order chi connectivity index (χ0) is 18.4. The molecule has 0 amide bonds. The van der Waals surface area contributed by atoms with Crippen molar-refractivity contribution in [3.05, 3.63) is 59.4 Å². The summed E-state index contributed by atoms with van der Waals surface area (Å²) in [5.74, 6) is 1.53. The van der Waals surface area contributed by atoms with Crippen LogP contribution in [-0.2, 0) is 0 Å². The topological polar surface area (TPSA) is 23.6 Å². The van der Waals surface area contributed by atoms with Gasteiger partial charge in [-0.3, -0.25) is 4.79 Å². The van der Waals surface area contributed by atoms with Crippen LogP contribution in [-0.4, -0.2) is 48.7 Å². The number of benzene rings is 2. The average Bonchev–Trinajstić information content (AvgIpc) is 3.02. The minimum Gasteiger partial charge on any atom is -0.366 e. The number of likely N-dealkylation sites (tertiary alicyclic amines) is 1. The molecule has 2 atom stereocenters. The van der Waals surface area contributed by atoms with Crippen LogP contribution < -0.4 is 4.90 Å². The fourth-order valence-corrected chi connectivity index (χ4v) is 5.94. The standard InChI is InChI=1S/C22H23FN2OS/c23-16-6-4-15(5-7-16)20(26)9-11-24-10-8-19-18(14-24)17-2-1-3-21-22(17)25(19)12-13-27-21/h1-7,18-19H,8-14H2/t18-,19-/m0/s1. The number of anilines is 1. The molecule has 0 unspecified atom stereocenters. The van der Waals surface area contributed by atoms with Crippen LogP contribution in [0.3, 0.4) is 0 Å². The van der Waals surface area contributed by atoms with Crippen LogP contribution >= 0.6 is 11.8 Å². The van der Waals surface area contributed by atoms with E-state index in [0.29, 0.717) is 23.9 Å². The molecule has 27 heavy (non-hydrogen) atoms. The van der Waals surface area contributed by atoms with E-state index in [2.05, 4.69) is 28.0 Å². The van der Waals surface area contributed by atoms with Crippen LogP contribution in [0, 0.1) is 5.82 Å². The average molecular weight is 383 g/mol. The van der Waals surface area contributed by atoms with Gasteiger partial charge in [0, 0.05) is 60.8 Å². The Morgan fingerprint density at radius 1 is 1.15 bits per heavy atom. The minimum absolute atomic E-state index is 0.0992. The molecule has 2 aromatic carbocycles. The molecule has 3 aliphatic rings. The Balaban J connectivity index is 1.27. The highest BCUT2D eigenvalue weighted by molar-refractivity contribution is 7.99. The number of ketones is 1. The van der Waals surface area contributed by atoms with Crippen LogP contribution in [0.4, 0.5) is 10.1 Å². The van der Waals surface area contributed by atoms with Crippen molar-refractivity contribution in [2.45, 2.75) is 29.7 Å². The first-order valence-electron chi connectivity index (χ1n) is 9.74. The molecule has 0 aliphatic carbocycles. The Bertz CT molecular complexity index is 869. The van der Waals surface area contributed by atoms with Gasteiger partial charge < -0.3 is 9.80 Å². The molecule has 0 radical (unpaired) electrons. The third kappa shape index (κ3) is 3.07. The number of nitrogens with zero attached hydrogens (tertiary/aromatic N) is 2. The molecule has 2 aromatic rings. The van der Waals surface area contributed by atoms with Gasteiger partial charge in [-0.25, -0.2) is 4.39 Å². The molecule has 3 aliphatic heterocycles. The predicted octanol–water partition coefficient (Wildman–Crippen LogP) is 4.18. The number of halogens is 1. The van der Waals surface area contributed by atoms with Crippen molar-refractivity contribution in [1.82, 2.24) is 4.90 Å². The van der Waals surface area contributed by atoms with Gasteiger partial charge in [-0.15, -0.1) is 11.8 Å². The molecule has 0 spiro atoms.